The molecule has 8 heteroatoms. The Bertz CT molecular complexity index is 636. The fraction of sp³-hybridized carbons (Fsp3) is 0.636. The van der Waals surface area contributed by atoms with Crippen molar-refractivity contribution in [1.82, 2.24) is 20.4 Å². The molecule has 0 heterocycles. The Labute approximate surface area is 199 Å². The number of nitrogens with one attached hydrogen (secondary N) is 2. The molecule has 30 heavy (non-hydrogen) atoms. The summed E-state index contributed by atoms with van der Waals surface area (Å²) in [6.45, 7) is 10.6. The van der Waals surface area contributed by atoms with E-state index < -0.39 is 0 Å². The molecule has 1 amide bonds. The maximum Gasteiger partial charge on any atom is 0.259 e. The molecule has 0 spiro atoms. The van der Waals surface area contributed by atoms with E-state index in [1.54, 1.807) is 21.1 Å². The van der Waals surface area contributed by atoms with E-state index in [1.807, 2.05) is 24.3 Å². The number of aliphatic imine (C=N–C) groups is 1. The Balaban J connectivity index is 0.00000841. The van der Waals surface area contributed by atoms with Crippen LogP contribution in [0.1, 0.15) is 39.2 Å². The van der Waals surface area contributed by atoms with E-state index in [0.29, 0.717) is 18.3 Å². The summed E-state index contributed by atoms with van der Waals surface area (Å²) in [4.78, 5) is 20.0. The Morgan fingerprint density at radius 2 is 1.93 bits per heavy atom. The maximum absolute atomic E-state index is 11.7. The predicted octanol–water partition coefficient (Wildman–Crippen LogP) is 2.95. The molecule has 7 nitrogen and oxygen atoms in total. The van der Waals surface area contributed by atoms with Gasteiger partial charge in [0, 0.05) is 33.7 Å². The quantitative estimate of drug-likeness (QED) is 0.246. The Morgan fingerprint density at radius 3 is 2.53 bits per heavy atom. The number of guanidine groups is 1. The second kappa shape index (κ2) is 16.2. The van der Waals surface area contributed by atoms with Gasteiger partial charge in [-0.25, -0.2) is 0 Å². The third-order valence-corrected chi connectivity index (χ3v) is 4.83. The van der Waals surface area contributed by atoms with E-state index in [2.05, 4.69) is 41.3 Å². The molecule has 0 saturated heterocycles. The summed E-state index contributed by atoms with van der Waals surface area (Å²) in [6, 6.07) is 8.10. The van der Waals surface area contributed by atoms with Gasteiger partial charge < -0.3 is 25.2 Å². The molecule has 0 bridgehead atoms. The number of likely N-dealkylation sites (N-methyl/N-ethyl adjacent to an activating group) is 1. The zero-order valence-corrected chi connectivity index (χ0v) is 21.7. The van der Waals surface area contributed by atoms with Crippen LogP contribution in [0.25, 0.3) is 0 Å². The summed E-state index contributed by atoms with van der Waals surface area (Å²) in [6.07, 6.45) is 2.26. The minimum absolute atomic E-state index is 0. The van der Waals surface area contributed by atoms with Gasteiger partial charge in [-0.2, -0.15) is 0 Å². The normalized spacial score (nSPS) is 12.2. The Hall–Kier alpha value is -1.55. The van der Waals surface area contributed by atoms with Gasteiger partial charge >= 0.3 is 0 Å². The van der Waals surface area contributed by atoms with E-state index in [9.17, 15) is 4.79 Å². The molecule has 1 unspecified atom stereocenters. The van der Waals surface area contributed by atoms with Crippen LogP contribution in [0.15, 0.2) is 29.3 Å². The number of halogens is 1. The second-order valence-electron chi connectivity index (χ2n) is 7.36. The van der Waals surface area contributed by atoms with Crippen LogP contribution in [0.5, 0.6) is 5.75 Å². The first-order valence-corrected chi connectivity index (χ1v) is 10.5. The fourth-order valence-electron chi connectivity index (χ4n) is 2.87. The Morgan fingerprint density at radius 1 is 1.23 bits per heavy atom. The van der Waals surface area contributed by atoms with Gasteiger partial charge in [-0.1, -0.05) is 26.0 Å². The lowest BCUT2D eigenvalue weighted by Gasteiger charge is -2.21. The molecule has 172 valence electrons. The van der Waals surface area contributed by atoms with Crippen LogP contribution in [-0.4, -0.2) is 75.1 Å². The predicted molar refractivity (Wildman–Crippen MR) is 136 cm³/mol. The molecule has 0 aromatic heterocycles. The largest absolute Gasteiger partial charge is 0.484 e. The molecule has 1 rings (SSSR count). The molecule has 0 aliphatic rings. The van der Waals surface area contributed by atoms with Crippen molar-refractivity contribution >= 4 is 35.8 Å². The van der Waals surface area contributed by atoms with Crippen molar-refractivity contribution in [1.29, 1.82) is 0 Å². The van der Waals surface area contributed by atoms with Crippen LogP contribution >= 0.6 is 24.0 Å². The van der Waals surface area contributed by atoms with Crippen molar-refractivity contribution in [2.75, 3.05) is 47.4 Å². The summed E-state index contributed by atoms with van der Waals surface area (Å²) in [5, 5.41) is 6.80. The minimum atomic E-state index is -0.0619. The van der Waals surface area contributed by atoms with Crippen molar-refractivity contribution in [3.8, 4) is 5.75 Å². The number of nitrogens with zero attached hydrogens (tertiary/aromatic N) is 3. The highest BCUT2D eigenvalue weighted by Crippen LogP contribution is 2.13. The van der Waals surface area contributed by atoms with Gasteiger partial charge in [0.25, 0.3) is 5.91 Å². The van der Waals surface area contributed by atoms with Gasteiger partial charge in [0.05, 0.1) is 0 Å². The van der Waals surface area contributed by atoms with E-state index in [-0.39, 0.29) is 36.5 Å². The third-order valence-electron chi connectivity index (χ3n) is 4.83. The van der Waals surface area contributed by atoms with E-state index in [4.69, 9.17) is 4.74 Å². The fourth-order valence-corrected chi connectivity index (χ4v) is 2.87. The number of hydrogen-bond donors (Lipinski definition) is 2. The molecule has 0 fully saturated rings. The summed E-state index contributed by atoms with van der Waals surface area (Å²) in [7, 11) is 5.22. The van der Waals surface area contributed by atoms with Gasteiger partial charge in [-0.05, 0) is 57.1 Å². The lowest BCUT2D eigenvalue weighted by Crippen LogP contribution is -2.42. The zero-order valence-electron chi connectivity index (χ0n) is 19.4. The Kier molecular flexibility index (Phi) is 15.3. The summed E-state index contributed by atoms with van der Waals surface area (Å²) < 4.78 is 5.58. The van der Waals surface area contributed by atoms with Crippen molar-refractivity contribution in [3.05, 3.63) is 29.8 Å². The standard InChI is InChI=1S/C22H39N5O2.HI/c1-7-27(8-2)14-10-11-18(3)25-22(23-4)24-16-19-12-9-13-20(15-19)29-17-21(28)26(5)6;/h9,12-13,15,18H,7-8,10-11,14,16-17H2,1-6H3,(H2,23,24,25);1H. The SMILES string of the molecule is CCN(CC)CCCC(C)NC(=NC)NCc1cccc(OCC(=O)N(C)C)c1.I. The van der Waals surface area contributed by atoms with Crippen LogP contribution in [0.2, 0.25) is 0 Å². The lowest BCUT2D eigenvalue weighted by atomic mass is 10.2. The van der Waals surface area contributed by atoms with Gasteiger partial charge in [-0.3, -0.25) is 9.79 Å². The maximum atomic E-state index is 11.7. The second-order valence-corrected chi connectivity index (χ2v) is 7.36. The number of ether oxygens (including phenoxy) is 1. The molecule has 0 aliphatic carbocycles. The first-order chi connectivity index (χ1) is 13.9. The van der Waals surface area contributed by atoms with E-state index in [1.165, 1.54) is 4.90 Å². The van der Waals surface area contributed by atoms with Crippen molar-refractivity contribution < 1.29 is 9.53 Å². The molecule has 1 aromatic rings. The van der Waals surface area contributed by atoms with Crippen molar-refractivity contribution in [2.24, 2.45) is 4.99 Å². The molecule has 0 aliphatic heterocycles. The summed E-state index contributed by atoms with van der Waals surface area (Å²) in [5.41, 5.74) is 1.07. The molecular weight excluding hydrogens is 493 g/mol. The molecule has 2 N–H and O–H groups in total. The number of carbonyl (C=O) groups excluding carboxylic acids is 1. The molecule has 1 atom stereocenters. The highest BCUT2D eigenvalue weighted by Gasteiger charge is 2.08. The van der Waals surface area contributed by atoms with Gasteiger partial charge in [0.1, 0.15) is 5.75 Å². The topological polar surface area (TPSA) is 69.2 Å². The number of amides is 1. The van der Waals surface area contributed by atoms with Crippen LogP contribution in [0.4, 0.5) is 0 Å². The van der Waals surface area contributed by atoms with Gasteiger partial charge in [0.2, 0.25) is 0 Å². The number of carbonyl (C=O) groups is 1. The molecule has 0 saturated carbocycles. The average molecular weight is 533 g/mol. The van der Waals surface area contributed by atoms with Crippen LogP contribution < -0.4 is 15.4 Å². The zero-order chi connectivity index (χ0) is 21.6. The van der Waals surface area contributed by atoms with Gasteiger partial charge in [0.15, 0.2) is 12.6 Å². The van der Waals surface area contributed by atoms with Crippen LogP contribution in [0, 0.1) is 0 Å². The number of hydrogen-bond acceptors (Lipinski definition) is 4. The number of benzene rings is 1. The summed E-state index contributed by atoms with van der Waals surface area (Å²) >= 11 is 0. The van der Waals surface area contributed by atoms with Crippen molar-refractivity contribution in [2.45, 2.75) is 46.2 Å². The first-order valence-electron chi connectivity index (χ1n) is 10.5. The third kappa shape index (κ3) is 11.6. The molecule has 1 aromatic carbocycles. The summed E-state index contributed by atoms with van der Waals surface area (Å²) in [5.74, 6) is 1.41. The monoisotopic (exact) mass is 533 g/mol. The minimum Gasteiger partial charge on any atom is -0.484 e. The molecule has 0 radical (unpaired) electrons. The van der Waals surface area contributed by atoms with Gasteiger partial charge in [-0.15, -0.1) is 24.0 Å². The smallest absolute Gasteiger partial charge is 0.259 e. The lowest BCUT2D eigenvalue weighted by molar-refractivity contribution is -0.130. The number of rotatable bonds is 12. The first kappa shape index (κ1) is 28.5. The average Bonchev–Trinajstić information content (AvgIpc) is 2.72. The van der Waals surface area contributed by atoms with Crippen LogP contribution in [-0.2, 0) is 11.3 Å². The highest BCUT2D eigenvalue weighted by molar-refractivity contribution is 14.0. The van der Waals surface area contributed by atoms with E-state index in [0.717, 1.165) is 44.0 Å². The van der Waals surface area contributed by atoms with Crippen LogP contribution in [0.3, 0.4) is 0 Å². The van der Waals surface area contributed by atoms with E-state index >= 15 is 0 Å². The highest BCUT2D eigenvalue weighted by atomic mass is 127. The van der Waals surface area contributed by atoms with Crippen molar-refractivity contribution in [3.63, 3.8) is 0 Å². The molecular formula is C22H40IN5O2.